The van der Waals surface area contributed by atoms with Crippen molar-refractivity contribution in [1.29, 1.82) is 0 Å². The van der Waals surface area contributed by atoms with Crippen molar-refractivity contribution in [3.63, 3.8) is 0 Å². The van der Waals surface area contributed by atoms with Gasteiger partial charge < -0.3 is 4.90 Å². The molecule has 136 valence electrons. The van der Waals surface area contributed by atoms with Crippen LogP contribution in [0.2, 0.25) is 0 Å². The van der Waals surface area contributed by atoms with E-state index >= 15 is 0 Å². The second-order valence-corrected chi connectivity index (χ2v) is 8.90. The highest BCUT2D eigenvalue weighted by atomic mass is 79.9. The Kier molecular flexibility index (Phi) is 4.91. The number of allylic oxidation sites excluding steroid dienone is 3. The van der Waals surface area contributed by atoms with E-state index in [0.29, 0.717) is 0 Å². The molecular weight excluding hydrogens is 376 g/mol. The van der Waals surface area contributed by atoms with E-state index in [9.17, 15) is 0 Å². The molecule has 0 saturated carbocycles. The van der Waals surface area contributed by atoms with Crippen molar-refractivity contribution in [3.05, 3.63) is 51.5 Å². The predicted molar refractivity (Wildman–Crippen MR) is 109 cm³/mol. The van der Waals surface area contributed by atoms with E-state index in [1.807, 2.05) is 12.1 Å². The zero-order valence-corrected chi connectivity index (χ0v) is 17.8. The fourth-order valence-electron chi connectivity index (χ4n) is 4.24. The fraction of sp³-hybridized carbons (Fsp3) is 0.524. The number of hydroxylamine groups is 2. The molecule has 0 unspecified atom stereocenters. The topological polar surface area (TPSA) is 15.7 Å². The summed E-state index contributed by atoms with van der Waals surface area (Å²) < 4.78 is 1.11. The number of benzene rings is 1. The molecule has 2 atom stereocenters. The van der Waals surface area contributed by atoms with Crippen LogP contribution in [-0.4, -0.2) is 30.9 Å². The van der Waals surface area contributed by atoms with Gasteiger partial charge >= 0.3 is 0 Å². The molecule has 2 aliphatic heterocycles. The lowest BCUT2D eigenvalue weighted by Crippen LogP contribution is -2.54. The van der Waals surface area contributed by atoms with Crippen LogP contribution in [0.4, 0.5) is 5.69 Å². The first kappa shape index (κ1) is 18.7. The Balaban J connectivity index is 2.18. The molecule has 1 fully saturated rings. The number of rotatable bonds is 4. The largest absolute Gasteiger partial charge is 0.337 e. The third-order valence-electron chi connectivity index (χ3n) is 5.54. The van der Waals surface area contributed by atoms with Gasteiger partial charge in [-0.05, 0) is 58.7 Å². The molecule has 25 heavy (non-hydrogen) atoms. The summed E-state index contributed by atoms with van der Waals surface area (Å²) in [6.07, 6.45) is 5.63. The van der Waals surface area contributed by atoms with Gasteiger partial charge in [-0.15, -0.1) is 0 Å². The average Bonchev–Trinajstić information content (AvgIpc) is 2.86. The zero-order chi connectivity index (χ0) is 18.4. The Labute approximate surface area is 160 Å². The van der Waals surface area contributed by atoms with Gasteiger partial charge in [0.2, 0.25) is 0 Å². The molecule has 1 aromatic rings. The molecule has 0 radical (unpaired) electrons. The van der Waals surface area contributed by atoms with Crippen LogP contribution in [0, 0.1) is 0 Å². The molecule has 2 heterocycles. The molecule has 4 heteroatoms. The van der Waals surface area contributed by atoms with Crippen LogP contribution in [0.15, 0.2) is 46.0 Å². The molecule has 2 aliphatic rings. The van der Waals surface area contributed by atoms with Crippen LogP contribution in [0.25, 0.3) is 0 Å². The summed E-state index contributed by atoms with van der Waals surface area (Å²) >= 11 is 3.66. The first-order chi connectivity index (χ1) is 11.7. The van der Waals surface area contributed by atoms with E-state index in [4.69, 9.17) is 4.84 Å². The molecule has 3 nitrogen and oxygen atoms in total. The molecule has 1 saturated heterocycles. The van der Waals surface area contributed by atoms with Gasteiger partial charge in [-0.1, -0.05) is 45.3 Å². The predicted octanol–water partition coefficient (Wildman–Crippen LogP) is 5.42. The average molecular weight is 405 g/mol. The van der Waals surface area contributed by atoms with E-state index in [2.05, 4.69) is 85.8 Å². The van der Waals surface area contributed by atoms with Crippen molar-refractivity contribution >= 4 is 21.6 Å². The van der Waals surface area contributed by atoms with E-state index in [0.717, 1.165) is 24.0 Å². The van der Waals surface area contributed by atoms with Crippen molar-refractivity contribution in [1.82, 2.24) is 5.06 Å². The molecule has 3 rings (SSSR count). The van der Waals surface area contributed by atoms with Gasteiger partial charge in [-0.25, -0.2) is 0 Å². The maximum atomic E-state index is 6.46. The smallest absolute Gasteiger partial charge is 0.170 e. The quantitative estimate of drug-likeness (QED) is 0.622. The third kappa shape index (κ3) is 2.98. The van der Waals surface area contributed by atoms with Crippen molar-refractivity contribution < 1.29 is 4.84 Å². The lowest BCUT2D eigenvalue weighted by Gasteiger charge is -2.40. The van der Waals surface area contributed by atoms with Gasteiger partial charge in [-0.2, -0.15) is 5.06 Å². The minimum Gasteiger partial charge on any atom is -0.337 e. The number of hydrogen-bond acceptors (Lipinski definition) is 3. The van der Waals surface area contributed by atoms with Crippen molar-refractivity contribution in [3.8, 4) is 0 Å². The summed E-state index contributed by atoms with van der Waals surface area (Å²) in [5, 5.41) is 2.01. The van der Waals surface area contributed by atoms with Crippen molar-refractivity contribution in [2.45, 2.75) is 52.2 Å². The van der Waals surface area contributed by atoms with Crippen LogP contribution in [-0.2, 0) is 10.3 Å². The molecule has 0 aromatic heterocycles. The number of halogens is 1. The maximum Gasteiger partial charge on any atom is 0.170 e. The Morgan fingerprint density at radius 1 is 1.20 bits per heavy atom. The summed E-state index contributed by atoms with van der Waals surface area (Å²) in [5.74, 6) is 0. The van der Waals surface area contributed by atoms with Crippen LogP contribution in [0.5, 0.6) is 0 Å². The van der Waals surface area contributed by atoms with Gasteiger partial charge in [0.25, 0.3) is 0 Å². The van der Waals surface area contributed by atoms with E-state index in [-0.39, 0.29) is 11.1 Å². The van der Waals surface area contributed by atoms with Crippen molar-refractivity contribution in [2.24, 2.45) is 0 Å². The highest BCUT2D eigenvalue weighted by Crippen LogP contribution is 2.58. The highest BCUT2D eigenvalue weighted by Gasteiger charge is 2.64. The minimum absolute atomic E-state index is 0.0649. The number of nitrogens with zero attached hydrogens (tertiary/aromatic N) is 2. The SMILES string of the molecule is CC(C)=CCN1c2cc(Br)ccc2[C@]2(CC=C(C)C)CN(C)O[C@]12C. The van der Waals surface area contributed by atoms with Gasteiger partial charge in [-0.3, -0.25) is 4.84 Å². The molecule has 0 aliphatic carbocycles. The first-order valence-electron chi connectivity index (χ1n) is 8.94. The van der Waals surface area contributed by atoms with Gasteiger partial charge in [0, 0.05) is 30.3 Å². The molecular formula is C21H29BrN2O. The van der Waals surface area contributed by atoms with Crippen LogP contribution in [0.1, 0.15) is 46.6 Å². The second-order valence-electron chi connectivity index (χ2n) is 7.98. The van der Waals surface area contributed by atoms with Gasteiger partial charge in [0.05, 0.1) is 5.41 Å². The fourth-order valence-corrected chi connectivity index (χ4v) is 4.59. The second kappa shape index (κ2) is 6.57. The van der Waals surface area contributed by atoms with Gasteiger partial charge in [0.1, 0.15) is 0 Å². The van der Waals surface area contributed by atoms with E-state index < -0.39 is 0 Å². The summed E-state index contributed by atoms with van der Waals surface area (Å²) in [7, 11) is 2.05. The summed E-state index contributed by atoms with van der Waals surface area (Å²) in [6.45, 7) is 12.6. The normalized spacial score (nSPS) is 27.9. The molecule has 0 bridgehead atoms. The molecule has 0 N–H and O–H groups in total. The monoisotopic (exact) mass is 404 g/mol. The number of hydrogen-bond donors (Lipinski definition) is 0. The summed E-state index contributed by atoms with van der Waals surface area (Å²) in [4.78, 5) is 8.89. The van der Waals surface area contributed by atoms with Gasteiger partial charge in [0.15, 0.2) is 5.72 Å². The minimum atomic E-state index is -0.386. The van der Waals surface area contributed by atoms with E-state index in [1.54, 1.807) is 0 Å². The standard InChI is InChI=1S/C21H29BrN2O/c1-15(2)9-11-21-14-23(6)25-20(21,5)24(12-10-16(3)4)19-13-17(22)7-8-18(19)21/h7-10,13H,11-12,14H2,1-6H3/t20-,21-/m0/s1. The van der Waals surface area contributed by atoms with Crippen LogP contribution in [0.3, 0.4) is 0 Å². The first-order valence-corrected chi connectivity index (χ1v) is 9.73. The Morgan fingerprint density at radius 2 is 1.88 bits per heavy atom. The number of likely N-dealkylation sites (N-methyl/N-ethyl adjacent to an activating group) is 1. The maximum absolute atomic E-state index is 6.46. The molecule has 1 aromatic carbocycles. The highest BCUT2D eigenvalue weighted by molar-refractivity contribution is 9.10. The Morgan fingerprint density at radius 3 is 2.52 bits per heavy atom. The van der Waals surface area contributed by atoms with Crippen LogP contribution >= 0.6 is 15.9 Å². The lowest BCUT2D eigenvalue weighted by atomic mass is 9.72. The Hall–Kier alpha value is -1.10. The molecule has 0 amide bonds. The summed E-state index contributed by atoms with van der Waals surface area (Å²) in [6, 6.07) is 6.68. The third-order valence-corrected chi connectivity index (χ3v) is 6.03. The van der Waals surface area contributed by atoms with Crippen molar-refractivity contribution in [2.75, 3.05) is 25.0 Å². The number of fused-ring (bicyclic) bond motifs is 3. The van der Waals surface area contributed by atoms with E-state index in [1.165, 1.54) is 22.4 Å². The molecule has 0 spiro atoms. The Bertz CT molecular complexity index is 733. The number of anilines is 1. The zero-order valence-electron chi connectivity index (χ0n) is 16.2. The van der Waals surface area contributed by atoms with Crippen LogP contribution < -0.4 is 4.90 Å². The summed E-state index contributed by atoms with van der Waals surface area (Å²) in [5.41, 5.74) is 4.90. The lowest BCUT2D eigenvalue weighted by molar-refractivity contribution is -0.175.